The van der Waals surface area contributed by atoms with Crippen molar-refractivity contribution in [1.29, 1.82) is 0 Å². The van der Waals surface area contributed by atoms with Crippen LogP contribution >= 0.6 is 12.2 Å². The lowest BCUT2D eigenvalue weighted by Gasteiger charge is -2.30. The lowest BCUT2D eigenvalue weighted by atomic mass is 10.2. The number of nitrogens with zero attached hydrogens (tertiary/aromatic N) is 2. The van der Waals surface area contributed by atoms with Gasteiger partial charge in [0.25, 0.3) is 5.91 Å². The predicted molar refractivity (Wildman–Crippen MR) is 78.7 cm³/mol. The smallest absolute Gasteiger partial charge is 0.270 e. The molecule has 1 saturated heterocycles. The number of hydrazine groups is 1. The highest BCUT2D eigenvalue weighted by molar-refractivity contribution is 7.80. The number of fused-ring (bicyclic) bond motifs is 1. The topological polar surface area (TPSA) is 56.8 Å². The molecule has 0 aliphatic carbocycles. The molecule has 1 aromatic rings. The normalized spacial score (nSPS) is 20.9. The van der Waals surface area contributed by atoms with E-state index >= 15 is 0 Å². The Morgan fingerprint density at radius 3 is 2.75 bits per heavy atom. The SMILES string of the molecule is CCOc1ccc(N2C=CN3C(=S)NNC3C2=O)cc1. The lowest BCUT2D eigenvalue weighted by Crippen LogP contribution is -2.51. The molecule has 2 N–H and O–H groups in total. The van der Waals surface area contributed by atoms with Gasteiger partial charge in [-0.1, -0.05) is 0 Å². The van der Waals surface area contributed by atoms with Gasteiger partial charge in [0, 0.05) is 18.1 Å². The molecule has 0 aromatic heterocycles. The summed E-state index contributed by atoms with van der Waals surface area (Å²) < 4.78 is 5.39. The van der Waals surface area contributed by atoms with Gasteiger partial charge in [-0.2, -0.15) is 0 Å². The van der Waals surface area contributed by atoms with Crippen molar-refractivity contribution in [3.05, 3.63) is 36.7 Å². The number of hydrogen-bond donors (Lipinski definition) is 2. The van der Waals surface area contributed by atoms with E-state index in [1.165, 1.54) is 0 Å². The highest BCUT2D eigenvalue weighted by Crippen LogP contribution is 2.24. The van der Waals surface area contributed by atoms with Gasteiger partial charge in [0.1, 0.15) is 5.75 Å². The molecular formula is C13H14N4O2S. The first-order valence-corrected chi connectivity index (χ1v) is 6.69. The van der Waals surface area contributed by atoms with Crippen molar-refractivity contribution in [2.24, 2.45) is 0 Å². The standard InChI is InChI=1S/C13H14N4O2S/c1-2-19-10-5-3-9(4-6-10)16-7-8-17-11(12(16)18)14-15-13(17)20/h3-8,11,14H,2H2,1H3,(H,15,20). The number of carbonyl (C=O) groups excluding carboxylic acids is 1. The summed E-state index contributed by atoms with van der Waals surface area (Å²) in [6.45, 7) is 2.55. The highest BCUT2D eigenvalue weighted by atomic mass is 32.1. The molecule has 1 fully saturated rings. The second-order valence-electron chi connectivity index (χ2n) is 4.32. The lowest BCUT2D eigenvalue weighted by molar-refractivity contribution is -0.122. The summed E-state index contributed by atoms with van der Waals surface area (Å²) in [5.41, 5.74) is 6.42. The molecular weight excluding hydrogens is 276 g/mol. The molecule has 0 spiro atoms. The van der Waals surface area contributed by atoms with Gasteiger partial charge in [0.2, 0.25) is 0 Å². The van der Waals surface area contributed by atoms with Crippen LogP contribution in [0.2, 0.25) is 0 Å². The summed E-state index contributed by atoms with van der Waals surface area (Å²) in [7, 11) is 0. The summed E-state index contributed by atoms with van der Waals surface area (Å²) in [5.74, 6) is 0.692. The monoisotopic (exact) mass is 290 g/mol. The summed E-state index contributed by atoms with van der Waals surface area (Å²) in [4.78, 5) is 15.7. The summed E-state index contributed by atoms with van der Waals surface area (Å²) in [6.07, 6.45) is 2.98. The third-order valence-corrected chi connectivity index (χ3v) is 3.41. The van der Waals surface area contributed by atoms with Crippen LogP contribution in [0.1, 0.15) is 6.92 Å². The Kier molecular flexibility index (Phi) is 3.29. The third-order valence-electron chi connectivity index (χ3n) is 3.10. The second kappa shape index (κ2) is 5.10. The predicted octanol–water partition coefficient (Wildman–Crippen LogP) is 0.924. The molecule has 2 aliphatic heterocycles. The molecule has 1 atom stereocenters. The third kappa shape index (κ3) is 2.10. The van der Waals surface area contributed by atoms with Gasteiger partial charge in [-0.3, -0.25) is 20.0 Å². The molecule has 7 heteroatoms. The van der Waals surface area contributed by atoms with Crippen molar-refractivity contribution in [3.63, 3.8) is 0 Å². The largest absolute Gasteiger partial charge is 0.494 e. The Hall–Kier alpha value is -2.12. The van der Waals surface area contributed by atoms with Crippen LogP contribution in [-0.2, 0) is 4.79 Å². The number of thiocarbonyl (C=S) groups is 1. The van der Waals surface area contributed by atoms with Crippen LogP contribution in [0.4, 0.5) is 5.69 Å². The Labute approximate surface area is 122 Å². The van der Waals surface area contributed by atoms with Crippen LogP contribution in [0.15, 0.2) is 36.7 Å². The second-order valence-corrected chi connectivity index (χ2v) is 4.70. The van der Waals surface area contributed by atoms with E-state index < -0.39 is 6.17 Å². The number of nitrogens with one attached hydrogen (secondary N) is 2. The van der Waals surface area contributed by atoms with E-state index in [-0.39, 0.29) is 5.91 Å². The van der Waals surface area contributed by atoms with E-state index in [0.717, 1.165) is 11.4 Å². The summed E-state index contributed by atoms with van der Waals surface area (Å²) in [5, 5.41) is 0.492. The first kappa shape index (κ1) is 12.9. The van der Waals surface area contributed by atoms with Crippen molar-refractivity contribution < 1.29 is 9.53 Å². The highest BCUT2D eigenvalue weighted by Gasteiger charge is 2.37. The van der Waals surface area contributed by atoms with E-state index in [4.69, 9.17) is 17.0 Å². The average molecular weight is 290 g/mol. The van der Waals surface area contributed by atoms with E-state index in [1.807, 2.05) is 31.2 Å². The maximum absolute atomic E-state index is 12.4. The molecule has 2 heterocycles. The van der Waals surface area contributed by atoms with Gasteiger partial charge in [-0.15, -0.1) is 0 Å². The number of carbonyl (C=O) groups is 1. The average Bonchev–Trinajstić information content (AvgIpc) is 2.83. The quantitative estimate of drug-likeness (QED) is 0.808. The van der Waals surface area contributed by atoms with E-state index in [9.17, 15) is 4.79 Å². The fraction of sp³-hybridized carbons (Fsp3) is 0.231. The van der Waals surface area contributed by atoms with Crippen molar-refractivity contribution in [3.8, 4) is 5.75 Å². The van der Waals surface area contributed by atoms with E-state index in [2.05, 4.69) is 10.9 Å². The van der Waals surface area contributed by atoms with Crippen LogP contribution in [0.3, 0.4) is 0 Å². The fourth-order valence-electron chi connectivity index (χ4n) is 2.14. The number of amides is 1. The zero-order valence-corrected chi connectivity index (χ0v) is 11.7. The van der Waals surface area contributed by atoms with Crippen LogP contribution in [0.25, 0.3) is 0 Å². The minimum Gasteiger partial charge on any atom is -0.494 e. The fourth-order valence-corrected chi connectivity index (χ4v) is 2.37. The van der Waals surface area contributed by atoms with Crippen molar-refractivity contribution in [1.82, 2.24) is 15.8 Å². The molecule has 0 bridgehead atoms. The molecule has 1 unspecified atom stereocenters. The van der Waals surface area contributed by atoms with Crippen LogP contribution < -0.4 is 20.5 Å². The number of anilines is 1. The van der Waals surface area contributed by atoms with Gasteiger partial charge in [0.05, 0.1) is 6.61 Å². The maximum atomic E-state index is 12.4. The molecule has 3 rings (SSSR count). The minimum absolute atomic E-state index is 0.0935. The van der Waals surface area contributed by atoms with Gasteiger partial charge in [-0.25, -0.2) is 5.43 Å². The van der Waals surface area contributed by atoms with Crippen molar-refractivity contribution in [2.75, 3.05) is 11.5 Å². The first-order chi connectivity index (χ1) is 9.70. The number of rotatable bonds is 3. The molecule has 0 saturated carbocycles. The molecule has 0 radical (unpaired) electrons. The van der Waals surface area contributed by atoms with Gasteiger partial charge in [0.15, 0.2) is 11.3 Å². The van der Waals surface area contributed by atoms with Gasteiger partial charge in [-0.05, 0) is 43.4 Å². The van der Waals surface area contributed by atoms with E-state index in [0.29, 0.717) is 11.7 Å². The molecule has 2 aliphatic rings. The molecule has 6 nitrogen and oxygen atoms in total. The molecule has 20 heavy (non-hydrogen) atoms. The van der Waals surface area contributed by atoms with E-state index in [1.54, 1.807) is 22.2 Å². The number of ether oxygens (including phenoxy) is 1. The van der Waals surface area contributed by atoms with Crippen LogP contribution in [0.5, 0.6) is 5.75 Å². The minimum atomic E-state index is -0.501. The molecule has 1 aromatic carbocycles. The number of benzene rings is 1. The summed E-state index contributed by atoms with van der Waals surface area (Å²) >= 11 is 5.09. The zero-order chi connectivity index (χ0) is 14.1. The van der Waals surface area contributed by atoms with Gasteiger partial charge < -0.3 is 4.74 Å². The van der Waals surface area contributed by atoms with Crippen molar-refractivity contribution in [2.45, 2.75) is 13.1 Å². The Bertz CT molecular complexity index is 572. The van der Waals surface area contributed by atoms with Crippen molar-refractivity contribution >= 4 is 28.9 Å². The Morgan fingerprint density at radius 1 is 1.30 bits per heavy atom. The molecule has 104 valence electrons. The first-order valence-electron chi connectivity index (χ1n) is 6.29. The Balaban J connectivity index is 1.84. The Morgan fingerprint density at radius 2 is 2.05 bits per heavy atom. The zero-order valence-electron chi connectivity index (χ0n) is 10.9. The number of hydrogen-bond acceptors (Lipinski definition) is 4. The molecule has 1 amide bonds. The van der Waals surface area contributed by atoms with Gasteiger partial charge >= 0.3 is 0 Å². The van der Waals surface area contributed by atoms with Crippen LogP contribution in [0, 0.1) is 0 Å². The van der Waals surface area contributed by atoms with Crippen LogP contribution in [-0.4, -0.2) is 28.7 Å². The maximum Gasteiger partial charge on any atom is 0.270 e. The summed E-state index contributed by atoms with van der Waals surface area (Å²) in [6, 6.07) is 7.39.